The number of hydrogen-bond donors (Lipinski definition) is 1. The summed E-state index contributed by atoms with van der Waals surface area (Å²) >= 11 is -0.918. The van der Waals surface area contributed by atoms with E-state index in [4.69, 9.17) is 4.21 Å². The van der Waals surface area contributed by atoms with Crippen molar-refractivity contribution in [2.75, 3.05) is 0 Å². The van der Waals surface area contributed by atoms with Crippen LogP contribution in [-0.2, 0) is 16.3 Å². The summed E-state index contributed by atoms with van der Waals surface area (Å²) in [6, 6.07) is 0. The first-order valence-electron chi connectivity index (χ1n) is 0.519. The summed E-state index contributed by atoms with van der Waals surface area (Å²) in [7, 11) is 0. The van der Waals surface area contributed by atoms with E-state index in [0.717, 1.165) is 0 Å². The number of rotatable bonds is 1. The Morgan fingerprint density at radius 1 is 1.80 bits per heavy atom. The van der Waals surface area contributed by atoms with Crippen LogP contribution in [0.25, 0.3) is 0 Å². The first-order valence-corrected chi connectivity index (χ1v) is 1.25. The first-order chi connectivity index (χ1) is 1.91. The zero-order valence-corrected chi connectivity index (χ0v) is 2.54. The standard InChI is InChI=1S/FHO2S.Na.H/c1-3-4-2;;/h4H;;. The number of thiol groups is 1. The van der Waals surface area contributed by atoms with Gasteiger partial charge in [-0.15, -0.1) is 0 Å². The third kappa shape index (κ3) is 11.2. The van der Waals surface area contributed by atoms with Crippen LogP contribution in [0.1, 0.15) is 0 Å². The molecule has 2 nitrogen and oxygen atoms in total. The van der Waals surface area contributed by atoms with Crippen molar-refractivity contribution in [1.29, 1.82) is 0 Å². The van der Waals surface area contributed by atoms with E-state index in [-0.39, 0.29) is 29.6 Å². The van der Waals surface area contributed by atoms with Crippen LogP contribution < -0.4 is 0 Å². The van der Waals surface area contributed by atoms with Crippen molar-refractivity contribution in [2.24, 2.45) is 0 Å². The van der Waals surface area contributed by atoms with Crippen LogP contribution >= 0.6 is 0 Å². The van der Waals surface area contributed by atoms with Crippen LogP contribution in [0.5, 0.6) is 0 Å². The van der Waals surface area contributed by atoms with Crippen molar-refractivity contribution in [3.8, 4) is 0 Å². The molecule has 0 heterocycles. The Morgan fingerprint density at radius 3 is 2.00 bits per heavy atom. The summed E-state index contributed by atoms with van der Waals surface area (Å²) in [5.41, 5.74) is 0. The molecule has 0 spiro atoms. The van der Waals surface area contributed by atoms with Crippen molar-refractivity contribution in [2.45, 2.75) is 0 Å². The molecule has 0 aromatic rings. The van der Waals surface area contributed by atoms with Gasteiger partial charge in [0.2, 0.25) is 0 Å². The van der Waals surface area contributed by atoms with Crippen molar-refractivity contribution in [3.05, 3.63) is 0 Å². The molecule has 5 heavy (non-hydrogen) atoms. The molecule has 0 radical (unpaired) electrons. The van der Waals surface area contributed by atoms with Gasteiger partial charge in [0.15, 0.2) is 11.9 Å². The van der Waals surface area contributed by atoms with Crippen molar-refractivity contribution < 1.29 is 13.1 Å². The van der Waals surface area contributed by atoms with Crippen LogP contribution in [-0.4, -0.2) is 33.8 Å². The van der Waals surface area contributed by atoms with E-state index in [1.165, 1.54) is 0 Å². The van der Waals surface area contributed by atoms with Gasteiger partial charge in [-0.3, -0.25) is 0 Å². The van der Waals surface area contributed by atoms with Gasteiger partial charge in [0.25, 0.3) is 0 Å². The second-order valence-corrected chi connectivity index (χ2v) is 0.431. The molecule has 5 heteroatoms. The second-order valence-electron chi connectivity index (χ2n) is 0.144. The Balaban J connectivity index is 0. The average Bonchev–Trinajstić information content (AvgIpc) is 1.37. The minimum atomic E-state index is -0.918. The molecule has 0 rings (SSSR count). The van der Waals surface area contributed by atoms with E-state index >= 15 is 0 Å². The fourth-order valence-electron chi connectivity index (χ4n) is 0. The molecule has 0 atom stereocenters. The molecule has 0 saturated heterocycles. The van der Waals surface area contributed by atoms with Crippen molar-refractivity contribution in [1.82, 2.24) is 0 Å². The molecule has 0 saturated carbocycles. The Bertz CT molecular complexity index is 23.6. The molecule has 0 aliphatic carbocycles. The zero-order valence-electron chi connectivity index (χ0n) is 1.64. The average molecular weight is 108 g/mol. The van der Waals surface area contributed by atoms with Crippen LogP contribution in [0.3, 0.4) is 0 Å². The van der Waals surface area contributed by atoms with Gasteiger partial charge in [0.1, 0.15) is 0 Å². The van der Waals surface area contributed by atoms with Gasteiger partial charge < -0.3 is 0 Å². The molecule has 0 fully saturated rings. The molecule has 28 valence electrons. The fraction of sp³-hybridized carbons (Fsp3) is 0. The maximum atomic E-state index is 9.90. The predicted octanol–water partition coefficient (Wildman–Crippen LogP) is -0.901. The van der Waals surface area contributed by atoms with Gasteiger partial charge in [-0.05, 0) is 4.53 Å². The quantitative estimate of drug-likeness (QED) is 0.348. The SMILES string of the molecule is O=[SH]OF.[NaH]. The van der Waals surface area contributed by atoms with Crippen molar-refractivity contribution >= 4 is 41.5 Å². The van der Waals surface area contributed by atoms with Gasteiger partial charge in [-0.25, -0.2) is 4.21 Å². The summed E-state index contributed by atoms with van der Waals surface area (Å²) in [4.78, 5) is 0. The molecule has 0 bridgehead atoms. The van der Waals surface area contributed by atoms with Gasteiger partial charge >= 0.3 is 29.6 Å². The minimum absolute atomic E-state index is 0. The molecule has 0 N–H and O–H groups in total. The summed E-state index contributed by atoms with van der Waals surface area (Å²) < 4.78 is 21.0. The van der Waals surface area contributed by atoms with Crippen molar-refractivity contribution in [3.63, 3.8) is 0 Å². The zero-order chi connectivity index (χ0) is 3.41. The van der Waals surface area contributed by atoms with Crippen LogP contribution in [0.2, 0.25) is 0 Å². The van der Waals surface area contributed by atoms with Crippen LogP contribution in [0.15, 0.2) is 0 Å². The van der Waals surface area contributed by atoms with Crippen LogP contribution in [0, 0.1) is 0 Å². The molecule has 0 aliphatic rings. The topological polar surface area (TPSA) is 26.3 Å². The van der Waals surface area contributed by atoms with E-state index < -0.39 is 11.9 Å². The molecule has 0 aromatic heterocycles. The molecular formula is H2FNaO2S. The summed E-state index contributed by atoms with van der Waals surface area (Å²) in [5, 5.41) is 0. The third-order valence-electron chi connectivity index (χ3n) is 0.0282. The van der Waals surface area contributed by atoms with Gasteiger partial charge in [0, 0.05) is 0 Å². The molecule has 0 aromatic carbocycles. The molecule has 0 amide bonds. The fourth-order valence-corrected chi connectivity index (χ4v) is 0. The Labute approximate surface area is 54.6 Å². The number of hydrogen-bond acceptors (Lipinski definition) is 2. The summed E-state index contributed by atoms with van der Waals surface area (Å²) in [6.45, 7) is 0. The van der Waals surface area contributed by atoms with E-state index in [1.54, 1.807) is 0 Å². The molecule has 0 aliphatic heterocycles. The van der Waals surface area contributed by atoms with E-state index in [9.17, 15) is 4.53 Å². The number of halogens is 1. The predicted molar refractivity (Wildman–Crippen MR) is 18.9 cm³/mol. The molecule has 0 unspecified atom stereocenters. The second kappa shape index (κ2) is 8.90. The Morgan fingerprint density at radius 2 is 2.00 bits per heavy atom. The first kappa shape index (κ1) is 9.40. The monoisotopic (exact) mass is 108 g/mol. The third-order valence-corrected chi connectivity index (χ3v) is 0.0845. The van der Waals surface area contributed by atoms with E-state index in [2.05, 4.69) is 4.39 Å². The van der Waals surface area contributed by atoms with Gasteiger partial charge in [-0.2, -0.15) is 0 Å². The summed E-state index contributed by atoms with van der Waals surface area (Å²) in [6.07, 6.45) is 0. The van der Waals surface area contributed by atoms with Gasteiger partial charge in [-0.1, -0.05) is 4.39 Å². The normalized spacial score (nSPS) is 5.80. The van der Waals surface area contributed by atoms with E-state index in [0.29, 0.717) is 0 Å². The maximum absolute atomic E-state index is 9.90. The van der Waals surface area contributed by atoms with Crippen LogP contribution in [0.4, 0.5) is 4.53 Å². The summed E-state index contributed by atoms with van der Waals surface area (Å²) in [5.74, 6) is 0. The van der Waals surface area contributed by atoms with E-state index in [1.807, 2.05) is 0 Å². The Kier molecular flexibility index (Phi) is 16.7. The van der Waals surface area contributed by atoms with Gasteiger partial charge in [0.05, 0.1) is 0 Å². The Hall–Kier alpha value is 1.04. The molecular weight excluding hydrogens is 106 g/mol.